The van der Waals surface area contributed by atoms with Gasteiger partial charge in [-0.05, 0) is 5.41 Å². The molecule has 7 heteroatoms. The average molecular weight is 347 g/mol. The second-order valence-electron chi connectivity index (χ2n) is 8.76. The SMILES string of the molecule is CC(C)(C)CN1C[C@]23C=C[C@H](O2)[C@@H](C(=O)N2CCNC(=O)C2)[C@H]3C1=O. The van der Waals surface area contributed by atoms with Crippen LogP contribution < -0.4 is 5.32 Å². The van der Waals surface area contributed by atoms with Gasteiger partial charge in [-0.1, -0.05) is 32.9 Å². The van der Waals surface area contributed by atoms with E-state index in [9.17, 15) is 14.4 Å². The number of hydrogen-bond donors (Lipinski definition) is 1. The van der Waals surface area contributed by atoms with Crippen molar-refractivity contribution in [3.63, 3.8) is 0 Å². The molecule has 0 aromatic heterocycles. The number of ether oxygens (including phenoxy) is 1. The molecule has 2 bridgehead atoms. The number of carbonyl (C=O) groups excluding carboxylic acids is 3. The quantitative estimate of drug-likeness (QED) is 0.700. The molecule has 4 heterocycles. The van der Waals surface area contributed by atoms with Gasteiger partial charge >= 0.3 is 0 Å². The Morgan fingerprint density at radius 1 is 1.40 bits per heavy atom. The maximum atomic E-state index is 13.1. The highest BCUT2D eigenvalue weighted by atomic mass is 16.5. The molecule has 1 N–H and O–H groups in total. The van der Waals surface area contributed by atoms with Gasteiger partial charge in [-0.2, -0.15) is 0 Å². The lowest BCUT2D eigenvalue weighted by molar-refractivity contribution is -0.146. The molecule has 0 unspecified atom stereocenters. The van der Waals surface area contributed by atoms with Gasteiger partial charge in [-0.15, -0.1) is 0 Å². The predicted molar refractivity (Wildman–Crippen MR) is 89.3 cm³/mol. The molecule has 7 nitrogen and oxygen atoms in total. The zero-order chi connectivity index (χ0) is 18.0. The Morgan fingerprint density at radius 2 is 2.16 bits per heavy atom. The third-order valence-electron chi connectivity index (χ3n) is 5.48. The third kappa shape index (κ3) is 2.56. The van der Waals surface area contributed by atoms with Gasteiger partial charge in [0.1, 0.15) is 5.60 Å². The van der Waals surface area contributed by atoms with E-state index < -0.39 is 17.4 Å². The first-order valence-electron chi connectivity index (χ1n) is 8.92. The van der Waals surface area contributed by atoms with Gasteiger partial charge in [0.05, 0.1) is 31.0 Å². The van der Waals surface area contributed by atoms with Crippen molar-refractivity contribution < 1.29 is 19.1 Å². The molecular weight excluding hydrogens is 322 g/mol. The highest BCUT2D eigenvalue weighted by Crippen LogP contribution is 2.52. The number of carbonyl (C=O) groups is 3. The molecule has 3 fully saturated rings. The minimum absolute atomic E-state index is 0.00147. The first kappa shape index (κ1) is 16.6. The molecule has 4 rings (SSSR count). The molecule has 0 radical (unpaired) electrons. The lowest BCUT2D eigenvalue weighted by Gasteiger charge is -2.32. The highest BCUT2D eigenvalue weighted by molar-refractivity contribution is 5.94. The van der Waals surface area contributed by atoms with Gasteiger partial charge in [-0.25, -0.2) is 0 Å². The number of fused-ring (bicyclic) bond motifs is 1. The summed E-state index contributed by atoms with van der Waals surface area (Å²) in [5.74, 6) is -1.28. The Morgan fingerprint density at radius 3 is 2.84 bits per heavy atom. The number of nitrogens with one attached hydrogen (secondary N) is 1. The molecule has 0 aliphatic carbocycles. The summed E-state index contributed by atoms with van der Waals surface area (Å²) in [5, 5.41) is 2.72. The fraction of sp³-hybridized carbons (Fsp3) is 0.722. The zero-order valence-corrected chi connectivity index (χ0v) is 14.9. The van der Waals surface area contributed by atoms with E-state index in [1.807, 2.05) is 17.1 Å². The molecule has 4 aliphatic heterocycles. The van der Waals surface area contributed by atoms with Crippen LogP contribution in [0.4, 0.5) is 0 Å². The second-order valence-corrected chi connectivity index (χ2v) is 8.76. The Bertz CT molecular complexity index is 668. The molecule has 0 saturated carbocycles. The van der Waals surface area contributed by atoms with Crippen molar-refractivity contribution in [3.05, 3.63) is 12.2 Å². The van der Waals surface area contributed by atoms with Crippen molar-refractivity contribution in [2.45, 2.75) is 32.5 Å². The van der Waals surface area contributed by atoms with E-state index >= 15 is 0 Å². The first-order valence-corrected chi connectivity index (χ1v) is 8.92. The summed E-state index contributed by atoms with van der Waals surface area (Å²) in [4.78, 5) is 41.2. The van der Waals surface area contributed by atoms with Crippen molar-refractivity contribution >= 4 is 17.7 Å². The van der Waals surface area contributed by atoms with Gasteiger partial charge in [0, 0.05) is 19.6 Å². The summed E-state index contributed by atoms with van der Waals surface area (Å²) in [6.07, 6.45) is 3.52. The van der Waals surface area contributed by atoms with Crippen LogP contribution in [0.1, 0.15) is 20.8 Å². The maximum Gasteiger partial charge on any atom is 0.239 e. The Balaban J connectivity index is 1.59. The molecule has 0 aromatic rings. The Labute approximate surface area is 147 Å². The van der Waals surface area contributed by atoms with Crippen molar-refractivity contribution in [2.24, 2.45) is 17.3 Å². The van der Waals surface area contributed by atoms with Gasteiger partial charge in [0.2, 0.25) is 17.7 Å². The number of nitrogens with zero attached hydrogens (tertiary/aromatic N) is 2. The summed E-state index contributed by atoms with van der Waals surface area (Å²) >= 11 is 0. The summed E-state index contributed by atoms with van der Waals surface area (Å²) in [7, 11) is 0. The van der Waals surface area contributed by atoms with Crippen LogP contribution in [0.5, 0.6) is 0 Å². The van der Waals surface area contributed by atoms with Crippen LogP contribution in [0.2, 0.25) is 0 Å². The topological polar surface area (TPSA) is 79.0 Å². The number of amides is 3. The molecule has 0 aromatic carbocycles. The first-order chi connectivity index (χ1) is 11.7. The van der Waals surface area contributed by atoms with Crippen molar-refractivity contribution in [2.75, 3.05) is 32.7 Å². The van der Waals surface area contributed by atoms with E-state index in [0.717, 1.165) is 0 Å². The number of hydrogen-bond acceptors (Lipinski definition) is 4. The van der Waals surface area contributed by atoms with Crippen LogP contribution >= 0.6 is 0 Å². The van der Waals surface area contributed by atoms with Crippen molar-refractivity contribution in [1.29, 1.82) is 0 Å². The van der Waals surface area contributed by atoms with Gasteiger partial charge < -0.3 is 19.9 Å². The molecule has 1 spiro atoms. The monoisotopic (exact) mass is 347 g/mol. The van der Waals surface area contributed by atoms with Crippen LogP contribution in [0.15, 0.2) is 12.2 Å². The lowest BCUT2D eigenvalue weighted by Crippen LogP contribution is -2.54. The summed E-state index contributed by atoms with van der Waals surface area (Å²) in [6, 6.07) is 0. The molecule has 4 aliphatic rings. The van der Waals surface area contributed by atoms with Gasteiger partial charge in [0.25, 0.3) is 0 Å². The van der Waals surface area contributed by atoms with Crippen LogP contribution in [0, 0.1) is 17.3 Å². The van der Waals surface area contributed by atoms with E-state index in [4.69, 9.17) is 4.74 Å². The van der Waals surface area contributed by atoms with Crippen molar-refractivity contribution in [1.82, 2.24) is 15.1 Å². The normalized spacial score (nSPS) is 36.8. The van der Waals surface area contributed by atoms with Crippen LogP contribution in [0.25, 0.3) is 0 Å². The largest absolute Gasteiger partial charge is 0.360 e. The van der Waals surface area contributed by atoms with Gasteiger partial charge in [0.15, 0.2) is 0 Å². The average Bonchev–Trinajstić information content (AvgIpc) is 3.14. The van der Waals surface area contributed by atoms with Gasteiger partial charge in [-0.3, -0.25) is 14.4 Å². The van der Waals surface area contributed by atoms with E-state index in [1.165, 1.54) is 0 Å². The molecule has 25 heavy (non-hydrogen) atoms. The number of piperazine rings is 1. The minimum atomic E-state index is -0.675. The molecular formula is C18H25N3O4. The lowest BCUT2D eigenvalue weighted by atomic mass is 9.76. The van der Waals surface area contributed by atoms with Crippen LogP contribution in [0.3, 0.4) is 0 Å². The standard InChI is InChI=1S/C18H25N3O4/c1-17(2,3)9-21-10-18-5-4-11(25-18)13(14(18)16(21)24)15(23)20-7-6-19-12(22)8-20/h4-5,11,13-14H,6-10H2,1-3H3,(H,19,22)/t11-,13+,14-,18-/m0/s1. The zero-order valence-electron chi connectivity index (χ0n) is 14.9. The third-order valence-corrected chi connectivity index (χ3v) is 5.48. The summed E-state index contributed by atoms with van der Waals surface area (Å²) < 4.78 is 6.13. The molecule has 3 amide bonds. The van der Waals surface area contributed by atoms with E-state index in [0.29, 0.717) is 26.2 Å². The van der Waals surface area contributed by atoms with Crippen molar-refractivity contribution in [3.8, 4) is 0 Å². The molecule has 4 atom stereocenters. The summed E-state index contributed by atoms with van der Waals surface area (Å²) in [5.41, 5.74) is -0.692. The second kappa shape index (κ2) is 5.30. The van der Waals surface area contributed by atoms with Crippen LogP contribution in [-0.2, 0) is 19.1 Å². The summed E-state index contributed by atoms with van der Waals surface area (Å²) in [6.45, 7) is 8.42. The van der Waals surface area contributed by atoms with E-state index in [1.54, 1.807) is 4.90 Å². The van der Waals surface area contributed by atoms with E-state index in [-0.39, 0.29) is 35.8 Å². The highest BCUT2D eigenvalue weighted by Gasteiger charge is 2.67. The number of rotatable bonds is 2. The van der Waals surface area contributed by atoms with E-state index in [2.05, 4.69) is 26.1 Å². The fourth-order valence-corrected chi connectivity index (χ4v) is 4.60. The Kier molecular flexibility index (Phi) is 3.51. The minimum Gasteiger partial charge on any atom is -0.360 e. The molecule has 136 valence electrons. The van der Waals surface area contributed by atoms with Crippen LogP contribution in [-0.4, -0.2) is 72.0 Å². The fourth-order valence-electron chi connectivity index (χ4n) is 4.60. The number of likely N-dealkylation sites (tertiary alicyclic amines) is 1. The molecule has 3 saturated heterocycles. The maximum absolute atomic E-state index is 13.1. The smallest absolute Gasteiger partial charge is 0.239 e. The predicted octanol–water partition coefficient (Wildman–Crippen LogP) is -0.227. The Hall–Kier alpha value is -1.89.